The van der Waals surface area contributed by atoms with E-state index in [1.807, 2.05) is 19.9 Å². The highest BCUT2D eigenvalue weighted by Crippen LogP contribution is 2.17. The lowest BCUT2D eigenvalue weighted by Gasteiger charge is -2.25. The first kappa shape index (κ1) is 16.6. The van der Waals surface area contributed by atoms with Crippen molar-refractivity contribution in [3.05, 3.63) is 22.4 Å². The normalized spacial score (nSPS) is 13.1. The molecule has 1 aromatic heterocycles. The Bertz CT molecular complexity index is 296. The third-order valence-corrected chi connectivity index (χ3v) is 3.88. The van der Waals surface area contributed by atoms with Gasteiger partial charge in [-0.05, 0) is 25.3 Å². The third kappa shape index (κ3) is 7.03. The highest BCUT2D eigenvalue weighted by Gasteiger charge is 2.13. The molecule has 0 bridgehead atoms. The van der Waals surface area contributed by atoms with E-state index < -0.39 is 0 Å². The number of hydrogen-bond acceptors (Lipinski definition) is 5. The Balaban J connectivity index is 2.37. The van der Waals surface area contributed by atoms with Crippen molar-refractivity contribution in [3.8, 4) is 0 Å². The van der Waals surface area contributed by atoms with E-state index in [0.29, 0.717) is 0 Å². The van der Waals surface area contributed by atoms with E-state index in [0.717, 1.165) is 46.1 Å². The molecule has 4 nitrogen and oxygen atoms in total. The van der Waals surface area contributed by atoms with Gasteiger partial charge in [-0.2, -0.15) is 0 Å². The van der Waals surface area contributed by atoms with Gasteiger partial charge < -0.3 is 15.2 Å². The third-order valence-electron chi connectivity index (χ3n) is 2.88. The van der Waals surface area contributed by atoms with E-state index in [1.54, 1.807) is 11.3 Å². The molecular formula is C14H26N2O2S. The highest BCUT2D eigenvalue weighted by atomic mass is 32.1. The quantitative estimate of drug-likeness (QED) is 0.633. The maximum absolute atomic E-state index is 6.24. The largest absolute Gasteiger partial charge is 0.380 e. The first-order chi connectivity index (χ1) is 9.27. The van der Waals surface area contributed by atoms with E-state index in [9.17, 15) is 0 Å². The number of hydrogen-bond donors (Lipinski definition) is 1. The Morgan fingerprint density at radius 1 is 1.21 bits per heavy atom. The van der Waals surface area contributed by atoms with E-state index in [-0.39, 0.29) is 6.04 Å². The molecule has 5 heteroatoms. The van der Waals surface area contributed by atoms with E-state index >= 15 is 0 Å². The molecule has 0 aliphatic rings. The molecule has 0 saturated carbocycles. The van der Waals surface area contributed by atoms with E-state index in [2.05, 4.69) is 16.3 Å². The predicted octanol–water partition coefficient (Wildman–Crippen LogP) is 2.12. The van der Waals surface area contributed by atoms with Crippen LogP contribution >= 0.6 is 11.3 Å². The standard InChI is InChI=1S/C14H26N2O2S/c1-3-17-9-7-16(8-10-18-4-2)12-13(15)14-6-5-11-19-14/h5-6,11,13H,3-4,7-10,12,15H2,1-2H3. The van der Waals surface area contributed by atoms with Crippen LogP contribution in [-0.2, 0) is 9.47 Å². The van der Waals surface area contributed by atoms with Gasteiger partial charge in [-0.15, -0.1) is 11.3 Å². The van der Waals surface area contributed by atoms with Crippen LogP contribution in [0, 0.1) is 0 Å². The van der Waals surface area contributed by atoms with Gasteiger partial charge in [0.15, 0.2) is 0 Å². The van der Waals surface area contributed by atoms with Crippen molar-refractivity contribution in [1.29, 1.82) is 0 Å². The Morgan fingerprint density at radius 2 is 1.84 bits per heavy atom. The lowest BCUT2D eigenvalue weighted by Crippen LogP contribution is -2.36. The fraction of sp³-hybridized carbons (Fsp3) is 0.714. The SMILES string of the molecule is CCOCCN(CCOCC)CC(N)c1cccs1. The minimum absolute atomic E-state index is 0.0725. The van der Waals surface area contributed by atoms with Gasteiger partial charge in [-0.1, -0.05) is 6.07 Å². The fourth-order valence-corrected chi connectivity index (χ4v) is 2.56. The molecule has 1 atom stereocenters. The van der Waals surface area contributed by atoms with E-state index in [4.69, 9.17) is 15.2 Å². The van der Waals surface area contributed by atoms with Crippen LogP contribution in [0.1, 0.15) is 24.8 Å². The Hall–Kier alpha value is -0.460. The van der Waals surface area contributed by atoms with Gasteiger partial charge in [0.05, 0.1) is 19.3 Å². The lowest BCUT2D eigenvalue weighted by atomic mass is 10.2. The van der Waals surface area contributed by atoms with Gasteiger partial charge in [0, 0.05) is 37.7 Å². The fourth-order valence-electron chi connectivity index (χ4n) is 1.84. The summed E-state index contributed by atoms with van der Waals surface area (Å²) in [5.74, 6) is 0. The molecule has 0 aromatic carbocycles. The van der Waals surface area contributed by atoms with Crippen LogP contribution in [0.3, 0.4) is 0 Å². The Kier molecular flexibility index (Phi) is 9.03. The van der Waals surface area contributed by atoms with Gasteiger partial charge in [0.25, 0.3) is 0 Å². The molecule has 19 heavy (non-hydrogen) atoms. The molecule has 1 aromatic rings. The van der Waals surface area contributed by atoms with Crippen molar-refractivity contribution in [1.82, 2.24) is 4.90 Å². The Morgan fingerprint density at radius 3 is 2.32 bits per heavy atom. The molecule has 0 aliphatic carbocycles. The van der Waals surface area contributed by atoms with Crippen molar-refractivity contribution < 1.29 is 9.47 Å². The van der Waals surface area contributed by atoms with Crippen LogP contribution in [0.15, 0.2) is 17.5 Å². The Labute approximate surface area is 120 Å². The summed E-state index contributed by atoms with van der Waals surface area (Å²) in [6.07, 6.45) is 0. The minimum Gasteiger partial charge on any atom is -0.380 e. The molecule has 1 unspecified atom stereocenters. The maximum atomic E-state index is 6.24. The van der Waals surface area contributed by atoms with Gasteiger partial charge >= 0.3 is 0 Å². The van der Waals surface area contributed by atoms with Crippen LogP contribution in [0.4, 0.5) is 0 Å². The van der Waals surface area contributed by atoms with Crippen LogP contribution < -0.4 is 5.73 Å². The summed E-state index contributed by atoms with van der Waals surface area (Å²) in [6, 6.07) is 4.21. The molecule has 0 spiro atoms. The van der Waals surface area contributed by atoms with Crippen molar-refractivity contribution in [3.63, 3.8) is 0 Å². The first-order valence-corrected chi connectivity index (χ1v) is 7.82. The summed E-state index contributed by atoms with van der Waals surface area (Å²) in [6.45, 7) is 9.70. The number of rotatable bonds is 11. The van der Waals surface area contributed by atoms with E-state index in [1.165, 1.54) is 4.88 Å². The summed E-state index contributed by atoms with van der Waals surface area (Å²) in [7, 11) is 0. The first-order valence-electron chi connectivity index (χ1n) is 6.94. The topological polar surface area (TPSA) is 47.7 Å². The molecule has 1 rings (SSSR count). The zero-order chi connectivity index (χ0) is 13.9. The summed E-state index contributed by atoms with van der Waals surface area (Å²) in [5.41, 5.74) is 6.24. The molecule has 0 aliphatic heterocycles. The summed E-state index contributed by atoms with van der Waals surface area (Å²) >= 11 is 1.72. The second kappa shape index (κ2) is 10.3. The molecule has 0 radical (unpaired) electrons. The monoisotopic (exact) mass is 286 g/mol. The van der Waals surface area contributed by atoms with Crippen LogP contribution in [0.25, 0.3) is 0 Å². The zero-order valence-corrected chi connectivity index (χ0v) is 12.8. The average molecular weight is 286 g/mol. The summed E-state index contributed by atoms with van der Waals surface area (Å²) in [5, 5.41) is 2.07. The molecule has 0 amide bonds. The zero-order valence-electron chi connectivity index (χ0n) is 12.0. The van der Waals surface area contributed by atoms with Crippen molar-refractivity contribution in [2.75, 3.05) is 46.1 Å². The molecule has 1 heterocycles. The summed E-state index contributed by atoms with van der Waals surface area (Å²) < 4.78 is 10.8. The van der Waals surface area contributed by atoms with Crippen molar-refractivity contribution in [2.45, 2.75) is 19.9 Å². The number of thiophene rings is 1. The van der Waals surface area contributed by atoms with Crippen molar-refractivity contribution in [2.24, 2.45) is 5.73 Å². The molecule has 2 N–H and O–H groups in total. The lowest BCUT2D eigenvalue weighted by molar-refractivity contribution is 0.0804. The summed E-state index contributed by atoms with van der Waals surface area (Å²) in [4.78, 5) is 3.55. The number of nitrogens with two attached hydrogens (primary N) is 1. The molecule has 110 valence electrons. The van der Waals surface area contributed by atoms with Crippen molar-refractivity contribution >= 4 is 11.3 Å². The van der Waals surface area contributed by atoms with Gasteiger partial charge in [0.1, 0.15) is 0 Å². The molecule has 0 fully saturated rings. The van der Waals surface area contributed by atoms with Crippen LogP contribution in [-0.4, -0.2) is 51.0 Å². The number of nitrogens with zero attached hydrogens (tertiary/aromatic N) is 1. The van der Waals surface area contributed by atoms with Gasteiger partial charge in [-0.25, -0.2) is 0 Å². The van der Waals surface area contributed by atoms with Crippen LogP contribution in [0.2, 0.25) is 0 Å². The second-order valence-electron chi connectivity index (χ2n) is 4.32. The maximum Gasteiger partial charge on any atom is 0.0593 e. The predicted molar refractivity (Wildman–Crippen MR) is 80.7 cm³/mol. The minimum atomic E-state index is 0.0725. The van der Waals surface area contributed by atoms with Gasteiger partial charge in [0.2, 0.25) is 0 Å². The smallest absolute Gasteiger partial charge is 0.0593 e. The average Bonchev–Trinajstić information content (AvgIpc) is 2.93. The van der Waals surface area contributed by atoms with Gasteiger partial charge in [-0.3, -0.25) is 4.90 Å². The highest BCUT2D eigenvalue weighted by molar-refractivity contribution is 7.10. The number of ether oxygens (including phenoxy) is 2. The van der Waals surface area contributed by atoms with Crippen LogP contribution in [0.5, 0.6) is 0 Å². The molecular weight excluding hydrogens is 260 g/mol. The molecule has 0 saturated heterocycles. The second-order valence-corrected chi connectivity index (χ2v) is 5.30.